The molecule has 0 N–H and O–H groups in total. The van der Waals surface area contributed by atoms with Crippen LogP contribution in [0.25, 0.3) is 0 Å². The zero-order chi connectivity index (χ0) is 17.1. The minimum absolute atomic E-state index is 0.0347. The molecule has 0 spiro atoms. The third-order valence-electron chi connectivity index (χ3n) is 4.08. The second-order valence-corrected chi connectivity index (χ2v) is 5.64. The Bertz CT molecular complexity index is 754. The minimum Gasteiger partial charge on any atom is -0.479 e. The van der Waals surface area contributed by atoms with Crippen LogP contribution in [0.3, 0.4) is 0 Å². The van der Waals surface area contributed by atoms with Gasteiger partial charge in [0.2, 0.25) is 0 Å². The summed E-state index contributed by atoms with van der Waals surface area (Å²) in [4.78, 5) is 25.9. The number of rotatable bonds is 4. The molecule has 1 aliphatic rings. The Morgan fingerprint density at radius 3 is 2.50 bits per heavy atom. The molecule has 1 atom stereocenters. The van der Waals surface area contributed by atoms with Crippen molar-refractivity contribution in [2.24, 2.45) is 0 Å². The fourth-order valence-corrected chi connectivity index (χ4v) is 2.80. The topological polar surface area (TPSA) is 55.8 Å². The van der Waals surface area contributed by atoms with Gasteiger partial charge in [0.15, 0.2) is 6.10 Å². The highest BCUT2D eigenvalue weighted by Crippen LogP contribution is 2.29. The molecule has 1 heterocycles. The Morgan fingerprint density at radius 2 is 1.79 bits per heavy atom. The van der Waals surface area contributed by atoms with Crippen LogP contribution < -0.4 is 9.64 Å². The number of benzene rings is 2. The number of carbonyl (C=O) groups is 2. The van der Waals surface area contributed by atoms with Gasteiger partial charge in [-0.05, 0) is 49.2 Å². The van der Waals surface area contributed by atoms with Gasteiger partial charge in [0, 0.05) is 17.8 Å². The van der Waals surface area contributed by atoms with Gasteiger partial charge in [-0.1, -0.05) is 18.2 Å². The molecule has 0 radical (unpaired) electrons. The summed E-state index contributed by atoms with van der Waals surface area (Å²) < 4.78 is 10.1. The van der Waals surface area contributed by atoms with E-state index in [0.717, 1.165) is 12.1 Å². The lowest BCUT2D eigenvalue weighted by molar-refractivity contribution is -0.147. The molecule has 0 saturated carbocycles. The van der Waals surface area contributed by atoms with Gasteiger partial charge >= 0.3 is 5.97 Å². The predicted molar refractivity (Wildman–Crippen MR) is 90.4 cm³/mol. The number of fused-ring (bicyclic) bond motifs is 1. The van der Waals surface area contributed by atoms with Crippen molar-refractivity contribution < 1.29 is 19.1 Å². The van der Waals surface area contributed by atoms with E-state index in [1.54, 1.807) is 36.1 Å². The van der Waals surface area contributed by atoms with Gasteiger partial charge in [-0.3, -0.25) is 4.79 Å². The van der Waals surface area contributed by atoms with E-state index in [1.807, 2.05) is 24.3 Å². The number of hydrogen-bond donors (Lipinski definition) is 0. The number of para-hydroxylation sites is 1. The summed E-state index contributed by atoms with van der Waals surface area (Å²) in [6, 6.07) is 14.7. The molecular weight excluding hydrogens is 306 g/mol. The maximum absolute atomic E-state index is 12.7. The second kappa shape index (κ2) is 6.74. The highest BCUT2D eigenvalue weighted by molar-refractivity contribution is 6.07. The Kier molecular flexibility index (Phi) is 4.51. The number of anilines is 1. The van der Waals surface area contributed by atoms with Crippen molar-refractivity contribution >= 4 is 17.6 Å². The van der Waals surface area contributed by atoms with Crippen LogP contribution in [0.4, 0.5) is 5.69 Å². The molecule has 1 amide bonds. The molecule has 5 heteroatoms. The van der Waals surface area contributed by atoms with Gasteiger partial charge in [0.05, 0.1) is 7.11 Å². The van der Waals surface area contributed by atoms with E-state index in [1.165, 1.54) is 12.7 Å². The molecule has 0 fully saturated rings. The van der Waals surface area contributed by atoms with Crippen LogP contribution in [0.5, 0.6) is 5.75 Å². The lowest BCUT2D eigenvalue weighted by Gasteiger charge is -2.18. The van der Waals surface area contributed by atoms with E-state index in [-0.39, 0.29) is 5.91 Å². The molecule has 3 rings (SSSR count). The molecule has 24 heavy (non-hydrogen) atoms. The lowest BCUT2D eigenvalue weighted by Crippen LogP contribution is -2.28. The first-order valence-electron chi connectivity index (χ1n) is 7.84. The molecule has 0 aliphatic carbocycles. The highest BCUT2D eigenvalue weighted by atomic mass is 16.6. The summed E-state index contributed by atoms with van der Waals surface area (Å²) in [5.74, 6) is 0.0441. The molecule has 0 aromatic heterocycles. The average Bonchev–Trinajstić information content (AvgIpc) is 3.05. The van der Waals surface area contributed by atoms with E-state index in [2.05, 4.69) is 4.74 Å². The van der Waals surface area contributed by atoms with Crippen molar-refractivity contribution in [3.63, 3.8) is 0 Å². The van der Waals surface area contributed by atoms with Crippen molar-refractivity contribution in [2.45, 2.75) is 19.4 Å². The highest BCUT2D eigenvalue weighted by Gasteiger charge is 2.25. The lowest BCUT2D eigenvalue weighted by atomic mass is 10.1. The van der Waals surface area contributed by atoms with Gasteiger partial charge in [0.1, 0.15) is 5.75 Å². The standard InChI is InChI=1S/C19H19NO4/c1-13(19(22)23-2)24-16-9-7-15(8-10-16)18(21)20-12-11-14-5-3-4-6-17(14)20/h3-10,13H,11-12H2,1-2H3. The smallest absolute Gasteiger partial charge is 0.346 e. The Balaban J connectivity index is 1.72. The molecule has 2 aromatic rings. The van der Waals surface area contributed by atoms with Crippen LogP contribution in [0, 0.1) is 0 Å². The Hall–Kier alpha value is -2.82. The average molecular weight is 325 g/mol. The number of esters is 1. The second-order valence-electron chi connectivity index (χ2n) is 5.64. The fraction of sp³-hybridized carbons (Fsp3) is 0.263. The number of nitrogens with zero attached hydrogens (tertiary/aromatic N) is 1. The summed E-state index contributed by atoms with van der Waals surface area (Å²) in [6.45, 7) is 2.31. The van der Waals surface area contributed by atoms with Crippen LogP contribution in [-0.4, -0.2) is 31.6 Å². The zero-order valence-electron chi connectivity index (χ0n) is 13.7. The molecule has 1 aliphatic heterocycles. The summed E-state index contributed by atoms with van der Waals surface area (Å²) in [5.41, 5.74) is 2.75. The molecule has 124 valence electrons. The molecule has 0 saturated heterocycles. The van der Waals surface area contributed by atoms with Crippen molar-refractivity contribution in [1.82, 2.24) is 0 Å². The fourth-order valence-electron chi connectivity index (χ4n) is 2.80. The van der Waals surface area contributed by atoms with E-state index < -0.39 is 12.1 Å². The SMILES string of the molecule is COC(=O)C(C)Oc1ccc(C(=O)N2CCc3ccccc32)cc1. The van der Waals surface area contributed by atoms with E-state index in [0.29, 0.717) is 17.9 Å². The third-order valence-corrected chi connectivity index (χ3v) is 4.08. The summed E-state index contributed by atoms with van der Waals surface area (Å²) in [5, 5.41) is 0. The Labute approximate surface area is 140 Å². The van der Waals surface area contributed by atoms with Gasteiger partial charge < -0.3 is 14.4 Å². The number of amides is 1. The first kappa shape index (κ1) is 16.1. The van der Waals surface area contributed by atoms with Gasteiger partial charge in [-0.2, -0.15) is 0 Å². The van der Waals surface area contributed by atoms with Gasteiger partial charge in [-0.15, -0.1) is 0 Å². The zero-order valence-corrected chi connectivity index (χ0v) is 13.7. The van der Waals surface area contributed by atoms with E-state index in [9.17, 15) is 9.59 Å². The number of hydrogen-bond acceptors (Lipinski definition) is 4. The molecular formula is C19H19NO4. The monoisotopic (exact) mass is 325 g/mol. The maximum Gasteiger partial charge on any atom is 0.346 e. The van der Waals surface area contributed by atoms with E-state index in [4.69, 9.17) is 4.74 Å². The van der Waals surface area contributed by atoms with Gasteiger partial charge in [0.25, 0.3) is 5.91 Å². The van der Waals surface area contributed by atoms with Crippen LogP contribution >= 0.6 is 0 Å². The molecule has 0 bridgehead atoms. The molecule has 1 unspecified atom stereocenters. The maximum atomic E-state index is 12.7. The number of carbonyl (C=O) groups excluding carboxylic acids is 2. The quantitative estimate of drug-likeness (QED) is 0.811. The Morgan fingerprint density at radius 1 is 1.08 bits per heavy atom. The number of methoxy groups -OCH3 is 1. The molecule has 5 nitrogen and oxygen atoms in total. The van der Waals surface area contributed by atoms with Crippen molar-refractivity contribution in [3.05, 3.63) is 59.7 Å². The third kappa shape index (κ3) is 3.11. The van der Waals surface area contributed by atoms with Crippen LogP contribution in [0.2, 0.25) is 0 Å². The van der Waals surface area contributed by atoms with Gasteiger partial charge in [-0.25, -0.2) is 4.79 Å². The van der Waals surface area contributed by atoms with Crippen LogP contribution in [-0.2, 0) is 16.0 Å². The van der Waals surface area contributed by atoms with Crippen LogP contribution in [0.1, 0.15) is 22.8 Å². The number of ether oxygens (including phenoxy) is 2. The van der Waals surface area contributed by atoms with Crippen molar-refractivity contribution in [3.8, 4) is 5.75 Å². The van der Waals surface area contributed by atoms with Crippen molar-refractivity contribution in [1.29, 1.82) is 0 Å². The first-order chi connectivity index (χ1) is 11.6. The minimum atomic E-state index is -0.693. The first-order valence-corrected chi connectivity index (χ1v) is 7.84. The van der Waals surface area contributed by atoms with Crippen LogP contribution in [0.15, 0.2) is 48.5 Å². The summed E-state index contributed by atoms with van der Waals surface area (Å²) >= 11 is 0. The normalized spacial score (nSPS) is 14.0. The summed E-state index contributed by atoms with van der Waals surface area (Å²) in [6.07, 6.45) is 0.182. The summed E-state index contributed by atoms with van der Waals surface area (Å²) in [7, 11) is 1.32. The van der Waals surface area contributed by atoms with Crippen molar-refractivity contribution in [2.75, 3.05) is 18.6 Å². The van der Waals surface area contributed by atoms with E-state index >= 15 is 0 Å². The largest absolute Gasteiger partial charge is 0.479 e. The predicted octanol–water partition coefficient (Wildman–Crippen LogP) is 2.83. The molecule has 2 aromatic carbocycles.